The Bertz CT molecular complexity index is 1140. The predicted molar refractivity (Wildman–Crippen MR) is 128 cm³/mol. The molecule has 1 heterocycles. The van der Waals surface area contributed by atoms with E-state index in [-0.39, 0.29) is 5.91 Å². The van der Waals surface area contributed by atoms with Crippen molar-refractivity contribution in [2.24, 2.45) is 0 Å². The fourth-order valence-electron chi connectivity index (χ4n) is 3.81. The van der Waals surface area contributed by atoms with Crippen molar-refractivity contribution >= 4 is 11.6 Å². The topological polar surface area (TPSA) is 50.2 Å². The second kappa shape index (κ2) is 10.1. The molecule has 1 atom stereocenters. The lowest BCUT2D eigenvalue weighted by Crippen LogP contribution is -2.34. The molecule has 0 fully saturated rings. The lowest BCUT2D eigenvalue weighted by atomic mass is 10.0. The summed E-state index contributed by atoms with van der Waals surface area (Å²) in [4.78, 5) is 15.4. The molecular formula is C27H28N4O. The number of hydrogen-bond donors (Lipinski definition) is 1. The lowest BCUT2D eigenvalue weighted by Gasteiger charge is -2.27. The Morgan fingerprint density at radius 1 is 0.938 bits per heavy atom. The Balaban J connectivity index is 1.50. The molecule has 1 N–H and O–H groups in total. The fraction of sp³-hybridized carbons (Fsp3) is 0.185. The van der Waals surface area contributed by atoms with Gasteiger partial charge in [0.15, 0.2) is 0 Å². The normalized spacial score (nSPS) is 12.0. The van der Waals surface area contributed by atoms with Gasteiger partial charge < -0.3 is 5.32 Å². The minimum Gasteiger partial charge on any atom is -0.324 e. The number of carbonyl (C=O) groups excluding carboxylic acids is 1. The molecule has 0 spiro atoms. The monoisotopic (exact) mass is 424 g/mol. The van der Waals surface area contributed by atoms with Gasteiger partial charge in [-0.1, -0.05) is 78.4 Å². The number of aromatic nitrogens is 2. The highest BCUT2D eigenvalue weighted by molar-refractivity contribution is 5.95. The molecule has 3 aromatic carbocycles. The number of benzene rings is 3. The molecule has 0 aliphatic rings. The Morgan fingerprint density at radius 2 is 1.59 bits per heavy atom. The standard InChI is InChI=1S/C27H28N4O/c1-21-13-15-25(16-14-21)29-27(32)26(24-11-7-4-8-12-24)30(2)18-23-17-28-31(20-23)19-22-9-5-3-6-10-22/h3-17,20,26H,18-19H2,1-2H3,(H,29,32). The maximum absolute atomic E-state index is 13.3. The second-order valence-corrected chi connectivity index (χ2v) is 8.12. The Labute approximate surface area is 189 Å². The van der Waals surface area contributed by atoms with Gasteiger partial charge in [-0.15, -0.1) is 0 Å². The van der Waals surface area contributed by atoms with Crippen molar-refractivity contribution in [1.29, 1.82) is 0 Å². The second-order valence-electron chi connectivity index (χ2n) is 8.12. The van der Waals surface area contributed by atoms with E-state index in [4.69, 9.17) is 0 Å². The number of anilines is 1. The van der Waals surface area contributed by atoms with Crippen LogP contribution in [0.5, 0.6) is 0 Å². The van der Waals surface area contributed by atoms with Crippen molar-refractivity contribution in [3.8, 4) is 0 Å². The molecule has 4 rings (SSSR count). The number of hydrogen-bond acceptors (Lipinski definition) is 3. The summed E-state index contributed by atoms with van der Waals surface area (Å²) in [5.41, 5.74) is 5.18. The molecule has 162 valence electrons. The number of aryl methyl sites for hydroxylation is 1. The molecule has 0 aliphatic carbocycles. The third-order valence-corrected chi connectivity index (χ3v) is 5.43. The molecule has 5 nitrogen and oxygen atoms in total. The SMILES string of the molecule is Cc1ccc(NC(=O)C(c2ccccc2)N(C)Cc2cnn(Cc3ccccc3)c2)cc1. The van der Waals surface area contributed by atoms with E-state index in [9.17, 15) is 4.79 Å². The average Bonchev–Trinajstić information content (AvgIpc) is 3.23. The van der Waals surface area contributed by atoms with E-state index in [0.717, 1.165) is 28.9 Å². The van der Waals surface area contributed by atoms with E-state index in [0.29, 0.717) is 6.54 Å². The summed E-state index contributed by atoms with van der Waals surface area (Å²) in [5.74, 6) is -0.0563. The molecule has 0 bridgehead atoms. The predicted octanol–water partition coefficient (Wildman–Crippen LogP) is 5.05. The van der Waals surface area contributed by atoms with Crippen LogP contribution in [0.25, 0.3) is 0 Å². The highest BCUT2D eigenvalue weighted by Crippen LogP contribution is 2.23. The summed E-state index contributed by atoms with van der Waals surface area (Å²) in [6.07, 6.45) is 3.92. The van der Waals surface area contributed by atoms with Crippen molar-refractivity contribution in [1.82, 2.24) is 14.7 Å². The molecule has 0 saturated heterocycles. The molecule has 0 saturated carbocycles. The van der Waals surface area contributed by atoms with Crippen molar-refractivity contribution in [2.45, 2.75) is 26.1 Å². The van der Waals surface area contributed by atoms with Crippen molar-refractivity contribution < 1.29 is 4.79 Å². The smallest absolute Gasteiger partial charge is 0.246 e. The van der Waals surface area contributed by atoms with Crippen LogP contribution >= 0.6 is 0 Å². The van der Waals surface area contributed by atoms with E-state index < -0.39 is 6.04 Å². The lowest BCUT2D eigenvalue weighted by molar-refractivity contribution is -0.121. The number of nitrogens with zero attached hydrogens (tertiary/aromatic N) is 3. The van der Waals surface area contributed by atoms with Crippen molar-refractivity contribution in [3.63, 3.8) is 0 Å². The summed E-state index contributed by atoms with van der Waals surface area (Å²) in [6, 6.07) is 27.6. The maximum atomic E-state index is 13.3. The zero-order valence-corrected chi connectivity index (χ0v) is 18.5. The molecule has 32 heavy (non-hydrogen) atoms. The van der Waals surface area contributed by atoms with Crippen LogP contribution in [0.3, 0.4) is 0 Å². The molecule has 5 heteroatoms. The summed E-state index contributed by atoms with van der Waals surface area (Å²) in [5, 5.41) is 7.58. The zero-order valence-electron chi connectivity index (χ0n) is 18.5. The van der Waals surface area contributed by atoms with Crippen LogP contribution in [-0.4, -0.2) is 27.6 Å². The van der Waals surface area contributed by atoms with Gasteiger partial charge in [-0.05, 0) is 37.2 Å². The molecular weight excluding hydrogens is 396 g/mol. The van der Waals surface area contributed by atoms with Gasteiger partial charge >= 0.3 is 0 Å². The van der Waals surface area contributed by atoms with Crippen LogP contribution in [0.4, 0.5) is 5.69 Å². The first kappa shape index (κ1) is 21.5. The van der Waals surface area contributed by atoms with Gasteiger partial charge in [-0.2, -0.15) is 5.10 Å². The number of likely N-dealkylation sites (N-methyl/N-ethyl adjacent to an activating group) is 1. The zero-order chi connectivity index (χ0) is 22.3. The average molecular weight is 425 g/mol. The Morgan fingerprint density at radius 3 is 2.28 bits per heavy atom. The van der Waals surface area contributed by atoms with E-state index in [1.54, 1.807) is 0 Å². The number of amides is 1. The first-order valence-corrected chi connectivity index (χ1v) is 10.8. The van der Waals surface area contributed by atoms with Crippen LogP contribution in [0.15, 0.2) is 97.3 Å². The summed E-state index contributed by atoms with van der Waals surface area (Å²) < 4.78 is 1.93. The third-order valence-electron chi connectivity index (χ3n) is 5.43. The number of carbonyl (C=O) groups is 1. The van der Waals surface area contributed by atoms with Gasteiger partial charge in [0.05, 0.1) is 12.7 Å². The number of rotatable bonds is 8. The van der Waals surface area contributed by atoms with Crippen LogP contribution in [0.1, 0.15) is 28.3 Å². The van der Waals surface area contributed by atoms with Gasteiger partial charge in [0.25, 0.3) is 0 Å². The van der Waals surface area contributed by atoms with Gasteiger partial charge in [0.1, 0.15) is 6.04 Å². The fourth-order valence-corrected chi connectivity index (χ4v) is 3.81. The van der Waals surface area contributed by atoms with Gasteiger partial charge in [0.2, 0.25) is 5.91 Å². The van der Waals surface area contributed by atoms with E-state index >= 15 is 0 Å². The minimum atomic E-state index is -0.421. The van der Waals surface area contributed by atoms with Crippen LogP contribution in [-0.2, 0) is 17.9 Å². The Hall–Kier alpha value is -3.70. The quantitative estimate of drug-likeness (QED) is 0.431. The highest BCUT2D eigenvalue weighted by Gasteiger charge is 2.25. The molecule has 1 aromatic heterocycles. The van der Waals surface area contributed by atoms with Crippen molar-refractivity contribution in [3.05, 3.63) is 120 Å². The van der Waals surface area contributed by atoms with Gasteiger partial charge in [-0.3, -0.25) is 14.4 Å². The molecule has 1 unspecified atom stereocenters. The molecule has 0 radical (unpaired) electrons. The van der Waals surface area contributed by atoms with Crippen LogP contribution in [0.2, 0.25) is 0 Å². The number of nitrogens with one attached hydrogen (secondary N) is 1. The summed E-state index contributed by atoms with van der Waals surface area (Å²) >= 11 is 0. The van der Waals surface area contributed by atoms with E-state index in [1.165, 1.54) is 5.56 Å². The van der Waals surface area contributed by atoms with Crippen molar-refractivity contribution in [2.75, 3.05) is 12.4 Å². The summed E-state index contributed by atoms with van der Waals surface area (Å²) in [7, 11) is 1.97. The minimum absolute atomic E-state index is 0.0563. The molecule has 1 amide bonds. The van der Waals surface area contributed by atoms with Gasteiger partial charge in [0, 0.05) is 24.0 Å². The summed E-state index contributed by atoms with van der Waals surface area (Å²) in [6.45, 7) is 3.36. The first-order chi connectivity index (χ1) is 15.6. The highest BCUT2D eigenvalue weighted by atomic mass is 16.2. The first-order valence-electron chi connectivity index (χ1n) is 10.8. The van der Waals surface area contributed by atoms with E-state index in [1.807, 2.05) is 104 Å². The Kier molecular flexibility index (Phi) is 6.78. The molecule has 0 aliphatic heterocycles. The molecule has 4 aromatic rings. The third kappa shape index (κ3) is 5.50. The largest absolute Gasteiger partial charge is 0.324 e. The van der Waals surface area contributed by atoms with Crippen LogP contribution < -0.4 is 5.32 Å². The van der Waals surface area contributed by atoms with Crippen LogP contribution in [0, 0.1) is 6.92 Å². The van der Waals surface area contributed by atoms with Gasteiger partial charge in [-0.25, -0.2) is 0 Å². The van der Waals surface area contributed by atoms with E-state index in [2.05, 4.69) is 27.4 Å². The maximum Gasteiger partial charge on any atom is 0.246 e.